The molecule has 9 nitrogen and oxygen atoms in total. The molecule has 0 fully saturated rings. The first-order valence-corrected chi connectivity index (χ1v) is 12.0. The van der Waals surface area contributed by atoms with Crippen molar-refractivity contribution in [3.05, 3.63) is 69.0 Å². The van der Waals surface area contributed by atoms with Crippen LogP contribution in [0.1, 0.15) is 42.0 Å². The Morgan fingerprint density at radius 3 is 2.69 bits per heavy atom. The van der Waals surface area contributed by atoms with E-state index < -0.39 is 0 Å². The van der Waals surface area contributed by atoms with Crippen LogP contribution in [0.3, 0.4) is 0 Å². The molecule has 0 saturated heterocycles. The maximum Gasteiger partial charge on any atom is 0.318 e. The van der Waals surface area contributed by atoms with E-state index in [-0.39, 0.29) is 43.9 Å². The molecule has 2 amide bonds. The number of H-pyrrole nitrogens is 1. The standard InChI is InChI=1S/C27H31N3O6/c1-4-34-24(31)6-5-9-28-27(33)30(14-19-7-8-22-23(12-19)36-16-35-22)15-21-13-20-11-17(2)10-18(3)25(20)29-26(21)32/h7-8,10-13H,4-6,9,14-16H2,1-3H3,(H,28,33)(H,29,32). The second-order valence-electron chi connectivity index (χ2n) is 8.85. The summed E-state index contributed by atoms with van der Waals surface area (Å²) in [5.74, 6) is 0.986. The van der Waals surface area contributed by atoms with E-state index in [0.717, 1.165) is 27.6 Å². The van der Waals surface area contributed by atoms with E-state index in [2.05, 4.69) is 10.3 Å². The number of esters is 1. The summed E-state index contributed by atoms with van der Waals surface area (Å²) in [6.07, 6.45) is 0.677. The SMILES string of the molecule is CCOC(=O)CCCNC(=O)N(Cc1ccc2c(c1)OCO2)Cc1cc2cc(C)cc(C)c2[nH]c1=O. The predicted molar refractivity (Wildman–Crippen MR) is 135 cm³/mol. The van der Waals surface area contributed by atoms with Gasteiger partial charge in [0.25, 0.3) is 5.56 Å². The maximum absolute atomic E-state index is 13.2. The van der Waals surface area contributed by atoms with Gasteiger partial charge in [0, 0.05) is 25.1 Å². The van der Waals surface area contributed by atoms with Crippen LogP contribution in [-0.2, 0) is 22.6 Å². The molecule has 9 heteroatoms. The number of carbonyl (C=O) groups is 2. The van der Waals surface area contributed by atoms with Gasteiger partial charge in [-0.2, -0.15) is 0 Å². The highest BCUT2D eigenvalue weighted by molar-refractivity contribution is 5.83. The molecule has 0 unspecified atom stereocenters. The minimum Gasteiger partial charge on any atom is -0.466 e. The topological polar surface area (TPSA) is 110 Å². The van der Waals surface area contributed by atoms with Crippen LogP contribution in [-0.4, -0.2) is 41.8 Å². The van der Waals surface area contributed by atoms with Crippen LogP contribution in [0.5, 0.6) is 11.5 Å². The quantitative estimate of drug-likeness (QED) is 0.345. The summed E-state index contributed by atoms with van der Waals surface area (Å²) >= 11 is 0. The van der Waals surface area contributed by atoms with Gasteiger partial charge >= 0.3 is 12.0 Å². The van der Waals surface area contributed by atoms with E-state index in [1.165, 1.54) is 0 Å². The molecule has 2 N–H and O–H groups in total. The lowest BCUT2D eigenvalue weighted by molar-refractivity contribution is -0.143. The van der Waals surface area contributed by atoms with Gasteiger partial charge in [0.15, 0.2) is 11.5 Å². The van der Waals surface area contributed by atoms with Gasteiger partial charge in [-0.3, -0.25) is 9.59 Å². The third-order valence-electron chi connectivity index (χ3n) is 5.97. The lowest BCUT2D eigenvalue weighted by atomic mass is 10.0. The van der Waals surface area contributed by atoms with Crippen LogP contribution >= 0.6 is 0 Å². The summed E-state index contributed by atoms with van der Waals surface area (Å²) in [7, 11) is 0. The number of aromatic nitrogens is 1. The lowest BCUT2D eigenvalue weighted by Crippen LogP contribution is -2.40. The summed E-state index contributed by atoms with van der Waals surface area (Å²) in [5, 5.41) is 3.78. The molecule has 190 valence electrons. The first-order chi connectivity index (χ1) is 17.3. The molecule has 3 aromatic rings. The Morgan fingerprint density at radius 2 is 1.89 bits per heavy atom. The van der Waals surface area contributed by atoms with Crippen molar-refractivity contribution in [3.8, 4) is 11.5 Å². The van der Waals surface area contributed by atoms with Crippen LogP contribution in [0.25, 0.3) is 10.9 Å². The largest absolute Gasteiger partial charge is 0.466 e. The van der Waals surface area contributed by atoms with Crippen LogP contribution in [0, 0.1) is 13.8 Å². The van der Waals surface area contributed by atoms with Gasteiger partial charge in [-0.1, -0.05) is 17.7 Å². The Kier molecular flexibility index (Phi) is 7.77. The van der Waals surface area contributed by atoms with Crippen molar-refractivity contribution in [1.29, 1.82) is 0 Å². The Bertz CT molecular complexity index is 1330. The molecule has 0 atom stereocenters. The van der Waals surface area contributed by atoms with Crippen molar-refractivity contribution < 1.29 is 23.8 Å². The molecule has 1 aliphatic heterocycles. The number of nitrogens with zero attached hydrogens (tertiary/aromatic N) is 1. The zero-order valence-electron chi connectivity index (χ0n) is 20.8. The number of aromatic amines is 1. The normalized spacial score (nSPS) is 12.0. The number of aryl methyl sites for hydroxylation is 2. The van der Waals surface area contributed by atoms with Gasteiger partial charge in [-0.15, -0.1) is 0 Å². The Hall–Kier alpha value is -4.01. The van der Waals surface area contributed by atoms with Crippen molar-refractivity contribution in [1.82, 2.24) is 15.2 Å². The predicted octanol–water partition coefficient (Wildman–Crippen LogP) is 3.93. The zero-order chi connectivity index (χ0) is 25.7. The smallest absolute Gasteiger partial charge is 0.318 e. The molecular formula is C27H31N3O6. The van der Waals surface area contributed by atoms with Crippen LogP contribution in [0.4, 0.5) is 4.79 Å². The highest BCUT2D eigenvalue weighted by atomic mass is 16.7. The average Bonchev–Trinajstić information content (AvgIpc) is 3.30. The number of pyridine rings is 1. The van der Waals surface area contributed by atoms with E-state index >= 15 is 0 Å². The molecule has 0 saturated carbocycles. The fraction of sp³-hybridized carbons (Fsp3) is 0.370. The molecule has 36 heavy (non-hydrogen) atoms. The van der Waals surface area contributed by atoms with Crippen molar-refractivity contribution in [2.24, 2.45) is 0 Å². The maximum atomic E-state index is 13.2. The van der Waals surface area contributed by atoms with Gasteiger partial charge in [0.05, 0.1) is 18.7 Å². The number of benzene rings is 2. The minimum absolute atomic E-state index is 0.108. The highest BCUT2D eigenvalue weighted by Gasteiger charge is 2.19. The number of ether oxygens (including phenoxy) is 3. The van der Waals surface area contributed by atoms with E-state index in [4.69, 9.17) is 14.2 Å². The Balaban J connectivity index is 1.54. The van der Waals surface area contributed by atoms with Crippen LogP contribution < -0.4 is 20.3 Å². The van der Waals surface area contributed by atoms with Crippen molar-refractivity contribution >= 4 is 22.9 Å². The molecule has 2 heterocycles. The van der Waals surface area contributed by atoms with Gasteiger partial charge in [-0.05, 0) is 68.0 Å². The number of rotatable bonds is 9. The van der Waals surface area contributed by atoms with E-state index in [1.54, 1.807) is 11.8 Å². The number of amides is 2. The molecule has 2 aromatic carbocycles. The summed E-state index contributed by atoms with van der Waals surface area (Å²) in [5.41, 5.74) is 3.96. The van der Waals surface area contributed by atoms with Crippen molar-refractivity contribution in [2.75, 3.05) is 19.9 Å². The summed E-state index contributed by atoms with van der Waals surface area (Å²) < 4.78 is 15.8. The van der Waals surface area contributed by atoms with E-state index in [0.29, 0.717) is 36.6 Å². The molecule has 0 spiro atoms. The zero-order valence-corrected chi connectivity index (χ0v) is 20.8. The summed E-state index contributed by atoms with van der Waals surface area (Å²) in [4.78, 5) is 42.2. The van der Waals surface area contributed by atoms with Crippen LogP contribution in [0.2, 0.25) is 0 Å². The Morgan fingerprint density at radius 1 is 1.08 bits per heavy atom. The van der Waals surface area contributed by atoms with Crippen molar-refractivity contribution in [3.63, 3.8) is 0 Å². The van der Waals surface area contributed by atoms with Gasteiger partial charge in [-0.25, -0.2) is 4.79 Å². The summed E-state index contributed by atoms with van der Waals surface area (Å²) in [6.45, 7) is 6.88. The number of nitrogens with one attached hydrogen (secondary N) is 2. The first kappa shape index (κ1) is 25.1. The lowest BCUT2D eigenvalue weighted by Gasteiger charge is -2.23. The number of hydrogen-bond acceptors (Lipinski definition) is 6. The number of hydrogen-bond donors (Lipinski definition) is 2. The molecule has 0 radical (unpaired) electrons. The molecule has 1 aliphatic rings. The number of fused-ring (bicyclic) bond motifs is 2. The second kappa shape index (κ2) is 11.2. The average molecular weight is 494 g/mol. The molecular weight excluding hydrogens is 462 g/mol. The van der Waals surface area contributed by atoms with Gasteiger partial charge in [0.2, 0.25) is 6.79 Å². The third-order valence-corrected chi connectivity index (χ3v) is 5.97. The van der Waals surface area contributed by atoms with Crippen LogP contribution in [0.15, 0.2) is 41.2 Å². The first-order valence-electron chi connectivity index (χ1n) is 12.0. The van der Waals surface area contributed by atoms with Crippen molar-refractivity contribution in [2.45, 2.75) is 46.7 Å². The van der Waals surface area contributed by atoms with E-state index in [1.807, 2.05) is 50.2 Å². The number of urea groups is 1. The molecule has 1 aromatic heterocycles. The van der Waals surface area contributed by atoms with Gasteiger partial charge in [0.1, 0.15) is 0 Å². The molecule has 0 bridgehead atoms. The monoisotopic (exact) mass is 493 g/mol. The molecule has 0 aliphatic carbocycles. The fourth-order valence-electron chi connectivity index (χ4n) is 4.29. The number of carbonyl (C=O) groups excluding carboxylic acids is 2. The Labute approximate surface area is 209 Å². The second-order valence-corrected chi connectivity index (χ2v) is 8.85. The molecule has 4 rings (SSSR count). The highest BCUT2D eigenvalue weighted by Crippen LogP contribution is 2.33. The summed E-state index contributed by atoms with van der Waals surface area (Å²) in [6, 6.07) is 11.0. The minimum atomic E-state index is -0.337. The third kappa shape index (κ3) is 5.97. The van der Waals surface area contributed by atoms with E-state index in [9.17, 15) is 14.4 Å². The van der Waals surface area contributed by atoms with Gasteiger partial charge < -0.3 is 29.4 Å². The fourth-order valence-corrected chi connectivity index (χ4v) is 4.29.